The lowest BCUT2D eigenvalue weighted by Gasteiger charge is -2.26. The lowest BCUT2D eigenvalue weighted by molar-refractivity contribution is -0.127. The average Bonchev–Trinajstić information content (AvgIpc) is 2.89. The molecule has 0 saturated carbocycles. The van der Waals surface area contributed by atoms with Gasteiger partial charge < -0.3 is 15.0 Å². The number of likely N-dealkylation sites (tertiary alicyclic amines) is 1. The second kappa shape index (κ2) is 7.75. The number of nitrogens with zero attached hydrogens (tertiary/aromatic N) is 1. The van der Waals surface area contributed by atoms with Crippen molar-refractivity contribution in [3.63, 3.8) is 0 Å². The molecule has 2 aliphatic heterocycles. The van der Waals surface area contributed by atoms with E-state index in [0.717, 1.165) is 52.0 Å². The van der Waals surface area contributed by atoms with Crippen molar-refractivity contribution in [2.75, 3.05) is 26.3 Å². The highest BCUT2D eigenvalue weighted by atomic mass is 16.5. The Kier molecular flexibility index (Phi) is 5.46. The fraction of sp³-hybridized carbons (Fsp3) is 0.611. The van der Waals surface area contributed by atoms with Gasteiger partial charge in [-0.05, 0) is 31.2 Å². The molecule has 0 bridgehead atoms. The molecule has 120 valence electrons. The molecular weight excluding hydrogens is 276 g/mol. The van der Waals surface area contributed by atoms with Gasteiger partial charge in [0, 0.05) is 44.8 Å². The summed E-state index contributed by atoms with van der Waals surface area (Å²) in [5.74, 6) is 0.303. The Morgan fingerprint density at radius 1 is 1.14 bits per heavy atom. The van der Waals surface area contributed by atoms with E-state index in [1.807, 2.05) is 11.0 Å². The van der Waals surface area contributed by atoms with Crippen LogP contribution in [0.1, 0.15) is 31.2 Å². The fourth-order valence-electron chi connectivity index (χ4n) is 3.42. The van der Waals surface area contributed by atoms with Gasteiger partial charge in [0.05, 0.1) is 0 Å². The highest BCUT2D eigenvalue weighted by Crippen LogP contribution is 2.16. The van der Waals surface area contributed by atoms with Gasteiger partial charge in [0.15, 0.2) is 0 Å². The number of aryl methyl sites for hydroxylation is 1. The van der Waals surface area contributed by atoms with Crippen LogP contribution < -0.4 is 5.32 Å². The molecule has 2 saturated heterocycles. The second-order valence-electron chi connectivity index (χ2n) is 6.38. The van der Waals surface area contributed by atoms with Gasteiger partial charge in [0.1, 0.15) is 0 Å². The van der Waals surface area contributed by atoms with Crippen molar-refractivity contribution < 1.29 is 9.53 Å². The quantitative estimate of drug-likeness (QED) is 0.874. The normalized spacial score (nSPS) is 23.2. The zero-order valence-corrected chi connectivity index (χ0v) is 13.2. The monoisotopic (exact) mass is 302 g/mol. The van der Waals surface area contributed by atoms with E-state index in [9.17, 15) is 4.79 Å². The van der Waals surface area contributed by atoms with E-state index in [0.29, 0.717) is 24.4 Å². The Bertz CT molecular complexity index is 471. The number of hydrogen-bond acceptors (Lipinski definition) is 3. The van der Waals surface area contributed by atoms with Crippen molar-refractivity contribution in [1.29, 1.82) is 0 Å². The number of rotatable bonds is 6. The van der Waals surface area contributed by atoms with Gasteiger partial charge in [-0.1, -0.05) is 30.3 Å². The molecule has 4 heteroatoms. The first-order valence-corrected chi connectivity index (χ1v) is 8.47. The molecule has 2 heterocycles. The molecule has 1 aromatic carbocycles. The third-order valence-corrected chi connectivity index (χ3v) is 4.64. The lowest BCUT2D eigenvalue weighted by Crippen LogP contribution is -2.43. The number of ether oxygens (including phenoxy) is 1. The zero-order valence-electron chi connectivity index (χ0n) is 13.2. The van der Waals surface area contributed by atoms with E-state index >= 15 is 0 Å². The van der Waals surface area contributed by atoms with Gasteiger partial charge in [-0.15, -0.1) is 0 Å². The highest BCUT2D eigenvalue weighted by Gasteiger charge is 2.30. The van der Waals surface area contributed by atoms with Crippen LogP contribution in [0.15, 0.2) is 30.3 Å². The Balaban J connectivity index is 1.40. The standard InChI is InChI=1S/C18H26N2O2/c21-18-13-17(19-16-8-11-22-12-9-16)14-20(18)10-4-7-15-5-2-1-3-6-15/h1-3,5-6,16-17,19H,4,7-14H2. The van der Waals surface area contributed by atoms with Gasteiger partial charge in [-0.2, -0.15) is 0 Å². The van der Waals surface area contributed by atoms with Gasteiger partial charge in [0.2, 0.25) is 5.91 Å². The molecule has 0 aromatic heterocycles. The van der Waals surface area contributed by atoms with Crippen LogP contribution in [0.4, 0.5) is 0 Å². The molecule has 4 nitrogen and oxygen atoms in total. The van der Waals surface area contributed by atoms with E-state index < -0.39 is 0 Å². The molecule has 1 atom stereocenters. The minimum absolute atomic E-state index is 0.303. The van der Waals surface area contributed by atoms with Crippen LogP contribution in [-0.4, -0.2) is 49.2 Å². The Morgan fingerprint density at radius 3 is 2.68 bits per heavy atom. The summed E-state index contributed by atoms with van der Waals surface area (Å²) in [5, 5.41) is 3.64. The number of nitrogens with one attached hydrogen (secondary N) is 1. The van der Waals surface area contributed by atoms with Crippen LogP contribution >= 0.6 is 0 Å². The SMILES string of the molecule is O=C1CC(NC2CCOCC2)CN1CCCc1ccccc1. The summed E-state index contributed by atoms with van der Waals surface area (Å²) in [7, 11) is 0. The molecule has 3 rings (SSSR count). The number of hydrogen-bond donors (Lipinski definition) is 1. The third-order valence-electron chi connectivity index (χ3n) is 4.64. The summed E-state index contributed by atoms with van der Waals surface area (Å²) in [6.45, 7) is 3.43. The Hall–Kier alpha value is -1.39. The predicted molar refractivity (Wildman–Crippen MR) is 86.7 cm³/mol. The topological polar surface area (TPSA) is 41.6 Å². The molecule has 1 amide bonds. The molecule has 0 aliphatic carbocycles. The summed E-state index contributed by atoms with van der Waals surface area (Å²) in [4.78, 5) is 14.2. The maximum atomic E-state index is 12.1. The molecule has 2 fully saturated rings. The molecule has 0 spiro atoms. The maximum absolute atomic E-state index is 12.1. The Labute approximate surface area is 132 Å². The van der Waals surface area contributed by atoms with Gasteiger partial charge in [-0.25, -0.2) is 0 Å². The van der Waals surface area contributed by atoms with Crippen molar-refractivity contribution in [3.8, 4) is 0 Å². The molecule has 22 heavy (non-hydrogen) atoms. The summed E-state index contributed by atoms with van der Waals surface area (Å²) >= 11 is 0. The predicted octanol–water partition coefficient (Wildman–Crippen LogP) is 1.99. The molecule has 1 aromatic rings. The summed E-state index contributed by atoms with van der Waals surface area (Å²) < 4.78 is 5.38. The van der Waals surface area contributed by atoms with Gasteiger partial charge in [-0.3, -0.25) is 4.79 Å². The van der Waals surface area contributed by atoms with E-state index in [4.69, 9.17) is 4.74 Å². The first-order valence-electron chi connectivity index (χ1n) is 8.47. The van der Waals surface area contributed by atoms with E-state index in [1.54, 1.807) is 0 Å². The van der Waals surface area contributed by atoms with Crippen molar-refractivity contribution in [3.05, 3.63) is 35.9 Å². The highest BCUT2D eigenvalue weighted by molar-refractivity contribution is 5.79. The number of carbonyl (C=O) groups is 1. The summed E-state index contributed by atoms with van der Waals surface area (Å²) in [6.07, 6.45) is 4.88. The smallest absolute Gasteiger partial charge is 0.224 e. The molecular formula is C18H26N2O2. The molecule has 0 radical (unpaired) electrons. The molecule has 2 aliphatic rings. The van der Waals surface area contributed by atoms with Crippen molar-refractivity contribution >= 4 is 5.91 Å². The first kappa shape index (κ1) is 15.5. The van der Waals surface area contributed by atoms with E-state index in [-0.39, 0.29) is 0 Å². The lowest BCUT2D eigenvalue weighted by atomic mass is 10.1. The maximum Gasteiger partial charge on any atom is 0.224 e. The molecule has 1 N–H and O–H groups in total. The van der Waals surface area contributed by atoms with Crippen LogP contribution in [0.3, 0.4) is 0 Å². The van der Waals surface area contributed by atoms with E-state index in [2.05, 4.69) is 29.6 Å². The zero-order chi connectivity index (χ0) is 15.2. The van der Waals surface area contributed by atoms with Crippen LogP contribution in [-0.2, 0) is 16.0 Å². The van der Waals surface area contributed by atoms with Gasteiger partial charge >= 0.3 is 0 Å². The fourth-order valence-corrected chi connectivity index (χ4v) is 3.42. The molecule has 1 unspecified atom stereocenters. The van der Waals surface area contributed by atoms with Crippen LogP contribution in [0.5, 0.6) is 0 Å². The number of benzene rings is 1. The van der Waals surface area contributed by atoms with Crippen molar-refractivity contribution in [2.45, 2.75) is 44.2 Å². The summed E-state index contributed by atoms with van der Waals surface area (Å²) in [5.41, 5.74) is 1.35. The van der Waals surface area contributed by atoms with Crippen molar-refractivity contribution in [2.24, 2.45) is 0 Å². The second-order valence-corrected chi connectivity index (χ2v) is 6.38. The summed E-state index contributed by atoms with van der Waals surface area (Å²) in [6, 6.07) is 11.3. The third kappa shape index (κ3) is 4.31. The van der Waals surface area contributed by atoms with Crippen LogP contribution in [0, 0.1) is 0 Å². The van der Waals surface area contributed by atoms with Crippen LogP contribution in [0.25, 0.3) is 0 Å². The largest absolute Gasteiger partial charge is 0.381 e. The number of amides is 1. The van der Waals surface area contributed by atoms with Crippen molar-refractivity contribution in [1.82, 2.24) is 10.2 Å². The minimum Gasteiger partial charge on any atom is -0.381 e. The van der Waals surface area contributed by atoms with E-state index in [1.165, 1.54) is 5.56 Å². The number of carbonyl (C=O) groups excluding carboxylic acids is 1. The first-order chi connectivity index (χ1) is 10.8. The van der Waals surface area contributed by atoms with Crippen LogP contribution in [0.2, 0.25) is 0 Å². The minimum atomic E-state index is 0.303. The Morgan fingerprint density at radius 2 is 1.91 bits per heavy atom. The van der Waals surface area contributed by atoms with Gasteiger partial charge in [0.25, 0.3) is 0 Å². The average molecular weight is 302 g/mol.